The molecule has 2 N–H and O–H groups in total. The number of nitrogens with one attached hydrogen (secondary N) is 2. The maximum atomic E-state index is 5.86. The summed E-state index contributed by atoms with van der Waals surface area (Å²) in [4.78, 5) is 15.2. The molecule has 116 valence electrons. The molecule has 2 aliphatic rings. The van der Waals surface area contributed by atoms with Gasteiger partial charge in [0, 0.05) is 27.2 Å². The summed E-state index contributed by atoms with van der Waals surface area (Å²) < 4.78 is 5.86. The Morgan fingerprint density at radius 2 is 1.90 bits per heavy atom. The van der Waals surface area contributed by atoms with Crippen molar-refractivity contribution in [3.05, 3.63) is 0 Å². The van der Waals surface area contributed by atoms with Crippen molar-refractivity contribution in [1.29, 1.82) is 0 Å². The second kappa shape index (κ2) is 6.01. The summed E-state index contributed by atoms with van der Waals surface area (Å²) in [6.45, 7) is 3.64. The van der Waals surface area contributed by atoms with Gasteiger partial charge in [-0.15, -0.1) is 0 Å². The van der Waals surface area contributed by atoms with Crippen molar-refractivity contribution in [2.45, 2.75) is 38.3 Å². The van der Waals surface area contributed by atoms with Crippen LogP contribution in [0.2, 0.25) is 0 Å². The first-order valence-corrected chi connectivity index (χ1v) is 7.72. The highest BCUT2D eigenvalue weighted by atomic mass is 16.5. The molecule has 0 amide bonds. The molecule has 1 aliphatic carbocycles. The van der Waals surface area contributed by atoms with Gasteiger partial charge in [-0.05, 0) is 32.1 Å². The lowest BCUT2D eigenvalue weighted by atomic mass is 10.1. The maximum absolute atomic E-state index is 5.86. The number of hydrogen-bond acceptors (Lipinski definition) is 7. The monoisotopic (exact) mass is 292 g/mol. The fourth-order valence-corrected chi connectivity index (χ4v) is 2.69. The minimum atomic E-state index is 0.310. The zero-order chi connectivity index (χ0) is 14.8. The zero-order valence-electron chi connectivity index (χ0n) is 13.0. The molecular formula is C14H24N6O. The van der Waals surface area contributed by atoms with E-state index in [0.29, 0.717) is 35.9 Å². The van der Waals surface area contributed by atoms with Gasteiger partial charge in [0.2, 0.25) is 17.8 Å². The molecule has 1 aromatic heterocycles. The third-order valence-corrected chi connectivity index (χ3v) is 3.90. The summed E-state index contributed by atoms with van der Waals surface area (Å²) in [5.41, 5.74) is 0. The van der Waals surface area contributed by atoms with Crippen LogP contribution in [0.15, 0.2) is 0 Å². The second-order valence-corrected chi connectivity index (χ2v) is 5.92. The predicted molar refractivity (Wildman–Crippen MR) is 82.8 cm³/mol. The van der Waals surface area contributed by atoms with E-state index in [1.807, 2.05) is 25.9 Å². The van der Waals surface area contributed by atoms with Gasteiger partial charge < -0.3 is 20.3 Å². The van der Waals surface area contributed by atoms with Gasteiger partial charge in [-0.1, -0.05) is 0 Å². The van der Waals surface area contributed by atoms with E-state index in [1.54, 1.807) is 0 Å². The normalized spacial score (nSPS) is 24.9. The van der Waals surface area contributed by atoms with Crippen LogP contribution in [-0.4, -0.2) is 54.3 Å². The van der Waals surface area contributed by atoms with Gasteiger partial charge in [0.05, 0.1) is 12.1 Å². The first-order chi connectivity index (χ1) is 10.2. The van der Waals surface area contributed by atoms with Gasteiger partial charge in [0.1, 0.15) is 0 Å². The molecule has 0 spiro atoms. The van der Waals surface area contributed by atoms with Crippen molar-refractivity contribution < 1.29 is 4.74 Å². The fourth-order valence-electron chi connectivity index (χ4n) is 2.69. The van der Waals surface area contributed by atoms with E-state index in [-0.39, 0.29) is 0 Å². The van der Waals surface area contributed by atoms with Gasteiger partial charge in [-0.2, -0.15) is 15.0 Å². The summed E-state index contributed by atoms with van der Waals surface area (Å²) >= 11 is 0. The van der Waals surface area contributed by atoms with E-state index < -0.39 is 0 Å². The number of aromatic nitrogens is 3. The molecule has 0 radical (unpaired) electrons. The molecule has 3 rings (SSSR count). The van der Waals surface area contributed by atoms with E-state index in [2.05, 4.69) is 25.6 Å². The summed E-state index contributed by atoms with van der Waals surface area (Å²) in [5.74, 6) is 2.62. The summed E-state index contributed by atoms with van der Waals surface area (Å²) in [6.07, 6.45) is 3.89. The van der Waals surface area contributed by atoms with E-state index in [0.717, 1.165) is 19.6 Å². The minimum absolute atomic E-state index is 0.310. The van der Waals surface area contributed by atoms with Gasteiger partial charge in [-0.3, -0.25) is 0 Å². The SMILES string of the molecule is CCNc1nc(NC2CCOC2C2CC2)nc(N(C)C)n1. The number of ether oxygens (including phenoxy) is 1. The van der Waals surface area contributed by atoms with Crippen LogP contribution < -0.4 is 15.5 Å². The smallest absolute Gasteiger partial charge is 0.231 e. The van der Waals surface area contributed by atoms with Crippen LogP contribution in [0.5, 0.6) is 0 Å². The lowest BCUT2D eigenvalue weighted by Crippen LogP contribution is -2.32. The Labute approximate surface area is 125 Å². The molecule has 2 heterocycles. The number of anilines is 3. The maximum Gasteiger partial charge on any atom is 0.231 e. The number of rotatable bonds is 6. The third kappa shape index (κ3) is 3.34. The third-order valence-electron chi connectivity index (χ3n) is 3.90. The Morgan fingerprint density at radius 3 is 2.57 bits per heavy atom. The van der Waals surface area contributed by atoms with Crippen LogP contribution in [0.25, 0.3) is 0 Å². The zero-order valence-corrected chi connectivity index (χ0v) is 13.0. The number of nitrogens with zero attached hydrogens (tertiary/aromatic N) is 4. The summed E-state index contributed by atoms with van der Waals surface area (Å²) in [5, 5.41) is 6.61. The molecule has 1 aromatic rings. The van der Waals surface area contributed by atoms with Crippen molar-refractivity contribution in [2.24, 2.45) is 5.92 Å². The Hall–Kier alpha value is -1.63. The Balaban J connectivity index is 1.76. The largest absolute Gasteiger partial charge is 0.376 e. The standard InChI is InChI=1S/C14H24N6O/c1-4-15-12-17-13(19-14(18-12)20(2)3)16-10-7-8-21-11(10)9-5-6-9/h9-11H,4-8H2,1-3H3,(H2,15,16,17,18,19). The summed E-state index contributed by atoms with van der Waals surface area (Å²) in [7, 11) is 3.86. The average molecular weight is 292 g/mol. The van der Waals surface area contributed by atoms with Crippen molar-refractivity contribution in [2.75, 3.05) is 42.8 Å². The molecule has 2 unspecified atom stereocenters. The quantitative estimate of drug-likeness (QED) is 0.819. The molecule has 21 heavy (non-hydrogen) atoms. The van der Waals surface area contributed by atoms with Gasteiger partial charge >= 0.3 is 0 Å². The van der Waals surface area contributed by atoms with Crippen LogP contribution in [0.4, 0.5) is 17.8 Å². The van der Waals surface area contributed by atoms with E-state index in [9.17, 15) is 0 Å². The Bertz CT molecular complexity index is 490. The van der Waals surface area contributed by atoms with Crippen LogP contribution in [0.1, 0.15) is 26.2 Å². The van der Waals surface area contributed by atoms with Gasteiger partial charge in [0.15, 0.2) is 0 Å². The highest BCUT2D eigenvalue weighted by Gasteiger charge is 2.40. The molecule has 7 nitrogen and oxygen atoms in total. The van der Waals surface area contributed by atoms with Crippen molar-refractivity contribution in [3.63, 3.8) is 0 Å². The molecule has 2 fully saturated rings. The van der Waals surface area contributed by atoms with Crippen molar-refractivity contribution >= 4 is 17.8 Å². The average Bonchev–Trinajstić information content (AvgIpc) is 3.19. The molecule has 1 saturated heterocycles. The second-order valence-electron chi connectivity index (χ2n) is 5.92. The molecule has 2 atom stereocenters. The van der Waals surface area contributed by atoms with Gasteiger partial charge in [0.25, 0.3) is 0 Å². The molecule has 0 bridgehead atoms. The minimum Gasteiger partial charge on any atom is -0.376 e. The Kier molecular flexibility index (Phi) is 4.10. The molecular weight excluding hydrogens is 268 g/mol. The first-order valence-electron chi connectivity index (χ1n) is 7.72. The first kappa shape index (κ1) is 14.3. The molecule has 7 heteroatoms. The lowest BCUT2D eigenvalue weighted by Gasteiger charge is -2.20. The topological polar surface area (TPSA) is 75.2 Å². The van der Waals surface area contributed by atoms with Crippen molar-refractivity contribution in [1.82, 2.24) is 15.0 Å². The highest BCUT2D eigenvalue weighted by Crippen LogP contribution is 2.39. The molecule has 1 aliphatic heterocycles. The van der Waals surface area contributed by atoms with Gasteiger partial charge in [-0.25, -0.2) is 0 Å². The molecule has 0 aromatic carbocycles. The highest BCUT2D eigenvalue weighted by molar-refractivity contribution is 5.43. The van der Waals surface area contributed by atoms with E-state index in [1.165, 1.54) is 12.8 Å². The summed E-state index contributed by atoms with van der Waals surface area (Å²) in [6, 6.07) is 0.310. The Morgan fingerprint density at radius 1 is 1.14 bits per heavy atom. The van der Waals surface area contributed by atoms with E-state index >= 15 is 0 Å². The van der Waals surface area contributed by atoms with Crippen LogP contribution >= 0.6 is 0 Å². The van der Waals surface area contributed by atoms with Crippen LogP contribution in [0.3, 0.4) is 0 Å². The predicted octanol–water partition coefficient (Wildman–Crippen LogP) is 1.35. The van der Waals surface area contributed by atoms with Crippen LogP contribution in [-0.2, 0) is 4.74 Å². The molecule has 1 saturated carbocycles. The van der Waals surface area contributed by atoms with E-state index in [4.69, 9.17) is 4.74 Å². The number of hydrogen-bond donors (Lipinski definition) is 2. The van der Waals surface area contributed by atoms with Crippen molar-refractivity contribution in [3.8, 4) is 0 Å². The lowest BCUT2D eigenvalue weighted by molar-refractivity contribution is 0.0897. The van der Waals surface area contributed by atoms with Crippen LogP contribution in [0, 0.1) is 5.92 Å². The fraction of sp³-hybridized carbons (Fsp3) is 0.786.